The number of halogens is 1. The van der Waals surface area contributed by atoms with Crippen molar-refractivity contribution in [2.75, 3.05) is 19.6 Å². The Morgan fingerprint density at radius 2 is 1.96 bits per heavy atom. The lowest BCUT2D eigenvalue weighted by atomic mass is 10.3. The molecule has 6 nitrogen and oxygen atoms in total. The first-order valence-corrected chi connectivity index (χ1v) is 8.82. The summed E-state index contributed by atoms with van der Waals surface area (Å²) in [5.41, 5.74) is 3.29. The molecule has 0 aliphatic carbocycles. The minimum absolute atomic E-state index is 0. The highest BCUT2D eigenvalue weighted by Gasteiger charge is 2.03. The summed E-state index contributed by atoms with van der Waals surface area (Å²) in [6.07, 6.45) is 9.09. The lowest BCUT2D eigenvalue weighted by Crippen LogP contribution is -2.39. The number of imidazole rings is 1. The number of nitrogens with zero attached hydrogens (tertiary/aromatic N) is 4. The second-order valence-corrected chi connectivity index (χ2v) is 6.01. The maximum Gasteiger partial charge on any atom is 0.191 e. The number of hydrogen-bond acceptors (Lipinski definition) is 2. The van der Waals surface area contributed by atoms with E-state index in [1.807, 2.05) is 24.4 Å². The van der Waals surface area contributed by atoms with Crippen molar-refractivity contribution < 1.29 is 0 Å². The first-order valence-electron chi connectivity index (χ1n) is 8.82. The zero-order valence-electron chi connectivity index (χ0n) is 15.4. The van der Waals surface area contributed by atoms with Gasteiger partial charge in [-0.3, -0.25) is 4.99 Å². The molecule has 0 aliphatic heterocycles. The summed E-state index contributed by atoms with van der Waals surface area (Å²) in [6, 6.07) is 8.21. The molecule has 0 unspecified atom stereocenters. The van der Waals surface area contributed by atoms with Gasteiger partial charge in [-0.1, -0.05) is 6.07 Å². The van der Waals surface area contributed by atoms with Crippen LogP contribution in [0.25, 0.3) is 5.65 Å². The van der Waals surface area contributed by atoms with Gasteiger partial charge in [-0.15, -0.1) is 24.0 Å². The highest BCUT2D eigenvalue weighted by atomic mass is 127. The number of aromatic nitrogens is 3. The van der Waals surface area contributed by atoms with E-state index in [2.05, 4.69) is 63.1 Å². The van der Waals surface area contributed by atoms with Crippen LogP contribution in [0.4, 0.5) is 0 Å². The molecular weight excluding hydrogens is 439 g/mol. The van der Waals surface area contributed by atoms with Gasteiger partial charge in [0, 0.05) is 57.4 Å². The van der Waals surface area contributed by atoms with Crippen LogP contribution in [0, 0.1) is 6.92 Å². The molecule has 0 spiro atoms. The average Bonchev–Trinajstić information content (AvgIpc) is 3.25. The molecule has 0 aliphatic rings. The van der Waals surface area contributed by atoms with Crippen LogP contribution in [-0.4, -0.2) is 39.5 Å². The van der Waals surface area contributed by atoms with Gasteiger partial charge in [0.15, 0.2) is 5.96 Å². The third kappa shape index (κ3) is 5.48. The van der Waals surface area contributed by atoms with Crippen LogP contribution in [0.2, 0.25) is 0 Å². The highest BCUT2D eigenvalue weighted by molar-refractivity contribution is 14.0. The first kappa shape index (κ1) is 20.3. The van der Waals surface area contributed by atoms with Gasteiger partial charge in [-0.25, -0.2) is 4.98 Å². The average molecular weight is 466 g/mol. The number of fused-ring (bicyclic) bond motifs is 1. The van der Waals surface area contributed by atoms with Crippen molar-refractivity contribution in [3.63, 3.8) is 0 Å². The van der Waals surface area contributed by atoms with E-state index in [4.69, 9.17) is 4.98 Å². The number of hydrogen-bond donors (Lipinski definition) is 2. The molecule has 3 aromatic rings. The van der Waals surface area contributed by atoms with Crippen LogP contribution in [0.1, 0.15) is 18.2 Å². The third-order valence-corrected chi connectivity index (χ3v) is 4.04. The second kappa shape index (κ2) is 10.2. The number of guanidine groups is 1. The summed E-state index contributed by atoms with van der Waals surface area (Å²) in [6.45, 7) is 7.48. The quantitative estimate of drug-likeness (QED) is 0.320. The van der Waals surface area contributed by atoms with E-state index < -0.39 is 0 Å². The van der Waals surface area contributed by atoms with E-state index in [9.17, 15) is 0 Å². The molecular formula is C19H27IN6. The summed E-state index contributed by atoms with van der Waals surface area (Å²) in [5, 5.41) is 6.66. The largest absolute Gasteiger partial charge is 0.357 e. The van der Waals surface area contributed by atoms with Gasteiger partial charge in [-0.2, -0.15) is 0 Å². The van der Waals surface area contributed by atoms with Gasteiger partial charge in [0.25, 0.3) is 0 Å². The Kier molecular flexibility index (Phi) is 7.96. The zero-order chi connectivity index (χ0) is 17.5. The Bertz CT molecular complexity index is 822. The van der Waals surface area contributed by atoms with Crippen LogP contribution >= 0.6 is 24.0 Å². The van der Waals surface area contributed by atoms with Gasteiger partial charge in [0.2, 0.25) is 0 Å². The smallest absolute Gasteiger partial charge is 0.191 e. The topological polar surface area (TPSA) is 58.6 Å². The Morgan fingerprint density at radius 3 is 2.69 bits per heavy atom. The second-order valence-electron chi connectivity index (χ2n) is 6.01. The fourth-order valence-corrected chi connectivity index (χ4v) is 2.77. The van der Waals surface area contributed by atoms with Crippen molar-refractivity contribution in [2.45, 2.75) is 26.8 Å². The van der Waals surface area contributed by atoms with E-state index in [-0.39, 0.29) is 24.0 Å². The van der Waals surface area contributed by atoms with Crippen molar-refractivity contribution in [3.05, 3.63) is 60.3 Å². The van der Waals surface area contributed by atoms with E-state index in [0.29, 0.717) is 6.54 Å². The molecule has 3 heterocycles. The molecule has 140 valence electrons. The molecule has 0 radical (unpaired) electrons. The Balaban J connectivity index is 0.00000243. The van der Waals surface area contributed by atoms with E-state index in [0.717, 1.165) is 43.4 Å². The molecule has 3 aromatic heterocycles. The van der Waals surface area contributed by atoms with E-state index in [1.54, 1.807) is 0 Å². The lowest BCUT2D eigenvalue weighted by Gasteiger charge is -2.11. The lowest BCUT2D eigenvalue weighted by molar-refractivity contribution is 0.665. The Labute approximate surface area is 171 Å². The van der Waals surface area contributed by atoms with Crippen LogP contribution in [-0.2, 0) is 13.0 Å². The molecule has 0 fully saturated rings. The monoisotopic (exact) mass is 466 g/mol. The van der Waals surface area contributed by atoms with Gasteiger partial charge in [0.05, 0.1) is 5.69 Å². The number of aryl methyl sites for hydroxylation is 1. The van der Waals surface area contributed by atoms with Gasteiger partial charge < -0.3 is 19.6 Å². The summed E-state index contributed by atoms with van der Waals surface area (Å²) in [7, 11) is 0. The SMILES string of the molecule is CCNC(=NCCc1cn2cccc(C)c2n1)NCCn1cccc1.I. The van der Waals surface area contributed by atoms with Crippen molar-refractivity contribution in [2.24, 2.45) is 4.99 Å². The van der Waals surface area contributed by atoms with Crippen molar-refractivity contribution in [1.29, 1.82) is 0 Å². The maximum atomic E-state index is 4.70. The predicted octanol–water partition coefficient (Wildman–Crippen LogP) is 2.86. The first-order chi connectivity index (χ1) is 12.3. The van der Waals surface area contributed by atoms with Gasteiger partial charge in [0.1, 0.15) is 5.65 Å². The minimum atomic E-state index is 0. The molecule has 3 rings (SSSR count). The molecule has 7 heteroatoms. The zero-order valence-corrected chi connectivity index (χ0v) is 17.7. The summed E-state index contributed by atoms with van der Waals surface area (Å²) < 4.78 is 4.23. The number of nitrogens with one attached hydrogen (secondary N) is 2. The van der Waals surface area contributed by atoms with Crippen LogP contribution < -0.4 is 10.6 Å². The Hall–Kier alpha value is -2.03. The third-order valence-electron chi connectivity index (χ3n) is 4.04. The fourth-order valence-electron chi connectivity index (χ4n) is 2.77. The van der Waals surface area contributed by atoms with E-state index >= 15 is 0 Å². The number of pyridine rings is 1. The molecule has 0 saturated heterocycles. The van der Waals surface area contributed by atoms with Gasteiger partial charge in [-0.05, 0) is 37.6 Å². The fraction of sp³-hybridized carbons (Fsp3) is 0.368. The predicted molar refractivity (Wildman–Crippen MR) is 117 cm³/mol. The van der Waals surface area contributed by atoms with Crippen LogP contribution in [0.15, 0.2) is 54.0 Å². The normalized spacial score (nSPS) is 11.4. The minimum Gasteiger partial charge on any atom is -0.357 e. The summed E-state index contributed by atoms with van der Waals surface area (Å²) in [5.74, 6) is 0.856. The van der Waals surface area contributed by atoms with Crippen molar-refractivity contribution >= 4 is 35.6 Å². The van der Waals surface area contributed by atoms with Crippen LogP contribution in [0.3, 0.4) is 0 Å². The van der Waals surface area contributed by atoms with Crippen molar-refractivity contribution in [1.82, 2.24) is 24.6 Å². The van der Waals surface area contributed by atoms with Crippen LogP contribution in [0.5, 0.6) is 0 Å². The van der Waals surface area contributed by atoms with Crippen molar-refractivity contribution in [3.8, 4) is 0 Å². The molecule has 0 aromatic carbocycles. The molecule has 0 bridgehead atoms. The maximum absolute atomic E-state index is 4.70. The molecule has 0 saturated carbocycles. The number of aliphatic imine (C=N–C) groups is 1. The highest BCUT2D eigenvalue weighted by Crippen LogP contribution is 2.10. The summed E-state index contributed by atoms with van der Waals surface area (Å²) in [4.78, 5) is 9.36. The molecule has 2 N–H and O–H groups in total. The molecule has 0 amide bonds. The van der Waals surface area contributed by atoms with Gasteiger partial charge >= 0.3 is 0 Å². The number of rotatable bonds is 7. The standard InChI is InChI=1S/C19H26N6.HI/c1-3-20-19(22-10-14-24-11-4-5-12-24)21-9-8-17-15-25-13-6-7-16(2)18(25)23-17;/h4-7,11-13,15H,3,8-10,14H2,1-2H3,(H2,20,21,22);1H. The summed E-state index contributed by atoms with van der Waals surface area (Å²) >= 11 is 0. The molecule has 0 atom stereocenters. The molecule has 26 heavy (non-hydrogen) atoms. The Morgan fingerprint density at radius 1 is 1.15 bits per heavy atom. The van der Waals surface area contributed by atoms with E-state index in [1.165, 1.54) is 5.56 Å².